The van der Waals surface area contributed by atoms with E-state index in [1.807, 2.05) is 43.3 Å². The molecule has 0 aliphatic carbocycles. The van der Waals surface area contributed by atoms with Gasteiger partial charge in [-0.15, -0.1) is 11.8 Å². The standard InChI is InChI=1S/C22H26ClN3O2S/c1-16-5-8-18(9-6-16)24-21(27)14-29-15-22(28)25-19-13-17(23)7-10-20(19)26-11-3-2-4-12-26/h5-10,13H,2-4,11-12,14-15H2,1H3,(H,24,27)(H,25,28). The van der Waals surface area contributed by atoms with Crippen molar-refractivity contribution in [1.82, 2.24) is 0 Å². The van der Waals surface area contributed by atoms with Crippen LogP contribution in [0.25, 0.3) is 0 Å². The van der Waals surface area contributed by atoms with Gasteiger partial charge in [-0.2, -0.15) is 0 Å². The third-order valence-electron chi connectivity index (χ3n) is 4.73. The zero-order valence-corrected chi connectivity index (χ0v) is 18.1. The third-order valence-corrected chi connectivity index (χ3v) is 5.90. The van der Waals surface area contributed by atoms with E-state index in [9.17, 15) is 9.59 Å². The second-order valence-corrected chi connectivity index (χ2v) is 8.59. The first-order valence-corrected chi connectivity index (χ1v) is 11.3. The van der Waals surface area contributed by atoms with Crippen LogP contribution in [-0.4, -0.2) is 36.4 Å². The smallest absolute Gasteiger partial charge is 0.234 e. The minimum absolute atomic E-state index is 0.122. The van der Waals surface area contributed by atoms with Gasteiger partial charge in [-0.1, -0.05) is 29.3 Å². The van der Waals surface area contributed by atoms with E-state index >= 15 is 0 Å². The summed E-state index contributed by atoms with van der Waals surface area (Å²) in [5.74, 6) is 0.158. The largest absolute Gasteiger partial charge is 0.370 e. The number of carbonyl (C=O) groups is 2. The normalized spacial score (nSPS) is 13.8. The molecule has 154 valence electrons. The summed E-state index contributed by atoms with van der Waals surface area (Å²) in [4.78, 5) is 26.8. The number of hydrogen-bond acceptors (Lipinski definition) is 4. The van der Waals surface area contributed by atoms with Crippen molar-refractivity contribution >= 4 is 52.2 Å². The van der Waals surface area contributed by atoms with Gasteiger partial charge >= 0.3 is 0 Å². The first-order chi connectivity index (χ1) is 14.0. The molecule has 2 aromatic carbocycles. The lowest BCUT2D eigenvalue weighted by molar-refractivity contribution is -0.114. The molecule has 0 unspecified atom stereocenters. The van der Waals surface area contributed by atoms with Gasteiger partial charge in [-0.3, -0.25) is 9.59 Å². The molecule has 1 fully saturated rings. The number of piperidine rings is 1. The van der Waals surface area contributed by atoms with Crippen molar-refractivity contribution in [3.8, 4) is 0 Å². The molecule has 0 aromatic heterocycles. The minimum atomic E-state index is -0.140. The summed E-state index contributed by atoms with van der Waals surface area (Å²) in [6, 6.07) is 13.2. The van der Waals surface area contributed by atoms with Crippen LogP contribution < -0.4 is 15.5 Å². The topological polar surface area (TPSA) is 61.4 Å². The third kappa shape index (κ3) is 6.68. The summed E-state index contributed by atoms with van der Waals surface area (Å²) in [5, 5.41) is 6.39. The van der Waals surface area contributed by atoms with Gasteiger partial charge < -0.3 is 15.5 Å². The summed E-state index contributed by atoms with van der Waals surface area (Å²) >= 11 is 7.43. The molecule has 0 spiro atoms. The number of anilines is 3. The van der Waals surface area contributed by atoms with Crippen molar-refractivity contribution in [2.75, 3.05) is 40.1 Å². The van der Waals surface area contributed by atoms with Gasteiger partial charge in [0.25, 0.3) is 0 Å². The molecule has 0 bridgehead atoms. The fraction of sp³-hybridized carbons (Fsp3) is 0.364. The number of benzene rings is 2. The molecule has 5 nitrogen and oxygen atoms in total. The maximum Gasteiger partial charge on any atom is 0.234 e. The van der Waals surface area contributed by atoms with Gasteiger partial charge in [-0.25, -0.2) is 0 Å². The van der Waals surface area contributed by atoms with Crippen molar-refractivity contribution in [1.29, 1.82) is 0 Å². The number of hydrogen-bond donors (Lipinski definition) is 2. The Kier molecular flexibility index (Phi) is 7.83. The summed E-state index contributed by atoms with van der Waals surface area (Å²) in [5.41, 5.74) is 3.63. The van der Waals surface area contributed by atoms with E-state index in [0.29, 0.717) is 5.02 Å². The van der Waals surface area contributed by atoms with E-state index in [0.717, 1.165) is 48.6 Å². The molecule has 1 saturated heterocycles. The van der Waals surface area contributed by atoms with Crippen LogP contribution in [0, 0.1) is 6.92 Å². The molecule has 1 heterocycles. The summed E-state index contributed by atoms with van der Waals surface area (Å²) in [7, 11) is 0. The molecule has 1 aliphatic heterocycles. The Hall–Kier alpha value is -2.18. The zero-order chi connectivity index (χ0) is 20.6. The van der Waals surface area contributed by atoms with Crippen LogP contribution in [0.4, 0.5) is 17.1 Å². The predicted molar refractivity (Wildman–Crippen MR) is 123 cm³/mol. The molecule has 0 atom stereocenters. The molecule has 1 aliphatic rings. The van der Waals surface area contributed by atoms with E-state index in [-0.39, 0.29) is 23.3 Å². The van der Waals surface area contributed by atoms with Gasteiger partial charge in [0.15, 0.2) is 0 Å². The monoisotopic (exact) mass is 431 g/mol. The van der Waals surface area contributed by atoms with Crippen LogP contribution in [-0.2, 0) is 9.59 Å². The van der Waals surface area contributed by atoms with Gasteiger partial charge in [0.05, 0.1) is 22.9 Å². The van der Waals surface area contributed by atoms with Crippen LogP contribution in [0.2, 0.25) is 5.02 Å². The second kappa shape index (κ2) is 10.6. The maximum atomic E-state index is 12.4. The lowest BCUT2D eigenvalue weighted by Gasteiger charge is -2.30. The number of amides is 2. The highest BCUT2D eigenvalue weighted by Gasteiger charge is 2.16. The SMILES string of the molecule is Cc1ccc(NC(=O)CSCC(=O)Nc2cc(Cl)ccc2N2CCCCC2)cc1. The van der Waals surface area contributed by atoms with Crippen LogP contribution in [0.15, 0.2) is 42.5 Å². The maximum absolute atomic E-state index is 12.4. The molecule has 0 radical (unpaired) electrons. The van der Waals surface area contributed by atoms with Crippen molar-refractivity contribution in [2.45, 2.75) is 26.2 Å². The number of thioether (sulfide) groups is 1. The first-order valence-electron chi connectivity index (χ1n) is 9.80. The molecule has 2 N–H and O–H groups in total. The van der Waals surface area contributed by atoms with E-state index in [1.165, 1.54) is 18.2 Å². The second-order valence-electron chi connectivity index (χ2n) is 7.16. The number of rotatable bonds is 7. The Balaban J connectivity index is 1.49. The van der Waals surface area contributed by atoms with Crippen molar-refractivity contribution in [3.63, 3.8) is 0 Å². The van der Waals surface area contributed by atoms with Gasteiger partial charge in [0.2, 0.25) is 11.8 Å². The molecule has 3 rings (SSSR count). The summed E-state index contributed by atoms with van der Waals surface area (Å²) < 4.78 is 0. The lowest BCUT2D eigenvalue weighted by Crippen LogP contribution is -2.30. The highest BCUT2D eigenvalue weighted by molar-refractivity contribution is 8.00. The Morgan fingerprint density at radius 3 is 2.31 bits per heavy atom. The Labute approximate surface area is 181 Å². The average Bonchev–Trinajstić information content (AvgIpc) is 2.70. The molecule has 7 heteroatoms. The van der Waals surface area contributed by atoms with Gasteiger partial charge in [-0.05, 0) is 56.5 Å². The number of halogens is 1. The zero-order valence-electron chi connectivity index (χ0n) is 16.5. The van der Waals surface area contributed by atoms with E-state index in [1.54, 1.807) is 6.07 Å². The minimum Gasteiger partial charge on any atom is -0.370 e. The Morgan fingerprint density at radius 1 is 0.966 bits per heavy atom. The number of nitrogens with zero attached hydrogens (tertiary/aromatic N) is 1. The first kappa shape index (κ1) is 21.5. The highest BCUT2D eigenvalue weighted by Crippen LogP contribution is 2.31. The molecular weight excluding hydrogens is 406 g/mol. The summed E-state index contributed by atoms with van der Waals surface area (Å²) in [6.45, 7) is 3.97. The molecule has 2 aromatic rings. The Bertz CT molecular complexity index is 852. The number of carbonyl (C=O) groups excluding carboxylic acids is 2. The lowest BCUT2D eigenvalue weighted by atomic mass is 10.1. The van der Waals surface area contributed by atoms with E-state index in [4.69, 9.17) is 11.6 Å². The van der Waals surface area contributed by atoms with Crippen LogP contribution in [0.3, 0.4) is 0 Å². The van der Waals surface area contributed by atoms with Gasteiger partial charge in [0.1, 0.15) is 0 Å². The molecule has 0 saturated carbocycles. The van der Waals surface area contributed by atoms with E-state index < -0.39 is 0 Å². The predicted octanol–water partition coefficient (Wildman–Crippen LogP) is 4.95. The van der Waals surface area contributed by atoms with Crippen LogP contribution in [0.5, 0.6) is 0 Å². The number of nitrogens with one attached hydrogen (secondary N) is 2. The average molecular weight is 432 g/mol. The van der Waals surface area contributed by atoms with Crippen molar-refractivity contribution < 1.29 is 9.59 Å². The fourth-order valence-electron chi connectivity index (χ4n) is 3.28. The van der Waals surface area contributed by atoms with E-state index in [2.05, 4.69) is 15.5 Å². The van der Waals surface area contributed by atoms with Crippen LogP contribution >= 0.6 is 23.4 Å². The highest BCUT2D eigenvalue weighted by atomic mass is 35.5. The van der Waals surface area contributed by atoms with Crippen LogP contribution in [0.1, 0.15) is 24.8 Å². The number of aryl methyl sites for hydroxylation is 1. The van der Waals surface area contributed by atoms with Crippen molar-refractivity contribution in [2.24, 2.45) is 0 Å². The quantitative estimate of drug-likeness (QED) is 0.651. The van der Waals surface area contributed by atoms with Crippen molar-refractivity contribution in [3.05, 3.63) is 53.1 Å². The fourth-order valence-corrected chi connectivity index (χ4v) is 4.06. The molecular formula is C22H26ClN3O2S. The molecule has 2 amide bonds. The Morgan fingerprint density at radius 2 is 1.62 bits per heavy atom. The summed E-state index contributed by atoms with van der Waals surface area (Å²) in [6.07, 6.45) is 3.55. The van der Waals surface area contributed by atoms with Gasteiger partial charge in [0, 0.05) is 23.8 Å². The molecule has 29 heavy (non-hydrogen) atoms.